The van der Waals surface area contributed by atoms with E-state index < -0.39 is 43.6 Å². The smallest absolute Gasteiger partial charge is 0.312 e. The van der Waals surface area contributed by atoms with Crippen LogP contribution in [0.3, 0.4) is 0 Å². The van der Waals surface area contributed by atoms with Crippen LogP contribution in [-0.2, 0) is 34.0 Å². The van der Waals surface area contributed by atoms with Crippen LogP contribution in [0.25, 0.3) is 0 Å². The third-order valence-electron chi connectivity index (χ3n) is 4.71. The van der Waals surface area contributed by atoms with Gasteiger partial charge in [-0.05, 0) is 12.8 Å². The molecule has 0 radical (unpaired) electrons. The summed E-state index contributed by atoms with van der Waals surface area (Å²) >= 11 is 0. The zero-order valence-corrected chi connectivity index (χ0v) is 16.0. The van der Waals surface area contributed by atoms with Crippen LogP contribution in [-0.4, -0.2) is 101 Å². The van der Waals surface area contributed by atoms with Gasteiger partial charge in [0.2, 0.25) is 0 Å². The number of rotatable bonds is 5. The Morgan fingerprint density at radius 2 is 1.48 bits per heavy atom. The molecule has 2 aliphatic rings. The Kier molecular flexibility index (Phi) is 6.10. The van der Waals surface area contributed by atoms with Crippen LogP contribution in [0.15, 0.2) is 0 Å². The van der Waals surface area contributed by atoms with E-state index in [1.807, 2.05) is 0 Å². The van der Waals surface area contributed by atoms with Gasteiger partial charge >= 0.3 is 11.8 Å². The highest BCUT2D eigenvalue weighted by atomic mass is 32.2. The minimum atomic E-state index is -3.21. The number of amides is 2. The predicted octanol–water partition coefficient (Wildman–Crippen LogP) is -1.71. The summed E-state index contributed by atoms with van der Waals surface area (Å²) in [7, 11) is -3.54. The van der Waals surface area contributed by atoms with Crippen LogP contribution in [0.4, 0.5) is 0 Å². The second-order valence-electron chi connectivity index (χ2n) is 6.52. The molecule has 0 saturated carbocycles. The minimum absolute atomic E-state index is 0.00225. The lowest BCUT2D eigenvalue weighted by molar-refractivity contribution is -0.153. The van der Waals surface area contributed by atoms with Gasteiger partial charge in [0, 0.05) is 32.8 Å². The molecule has 11 heteroatoms. The number of methoxy groups -OCH3 is 1. The predicted molar refractivity (Wildman–Crippen MR) is 90.5 cm³/mol. The first kappa shape index (κ1) is 20.1. The second kappa shape index (κ2) is 7.58. The van der Waals surface area contributed by atoms with Crippen molar-refractivity contribution in [2.75, 3.05) is 50.3 Å². The number of carbonyl (C=O) groups is 2. The summed E-state index contributed by atoms with van der Waals surface area (Å²) in [6, 6.07) is -1.09. The molecule has 25 heavy (non-hydrogen) atoms. The molecule has 9 nitrogen and oxygen atoms in total. The van der Waals surface area contributed by atoms with Crippen molar-refractivity contribution in [2.45, 2.75) is 24.9 Å². The average molecular weight is 396 g/mol. The molecule has 2 heterocycles. The molecule has 2 atom stereocenters. The van der Waals surface area contributed by atoms with Gasteiger partial charge in [0.05, 0.1) is 29.6 Å². The number of nitrogens with zero attached hydrogens (tertiary/aromatic N) is 2. The molecule has 2 rings (SSSR count). The quantitative estimate of drug-likeness (QED) is 0.508. The average Bonchev–Trinajstić information content (AvgIpc) is 3.07. The van der Waals surface area contributed by atoms with Gasteiger partial charge < -0.3 is 14.5 Å². The SMILES string of the molecule is COCCN(C(=O)C(=O)N(C)C1CCS(=O)(=O)C1)C1CCS(=O)(=O)C1. The maximum absolute atomic E-state index is 12.6. The van der Waals surface area contributed by atoms with Crippen molar-refractivity contribution in [2.24, 2.45) is 0 Å². The maximum atomic E-state index is 12.6. The standard InChI is InChI=1S/C14H24N2O7S2/c1-15(11-3-7-24(19,20)9-11)13(17)14(18)16(5-6-23-2)12-4-8-25(21,22)10-12/h11-12H,3-10H2,1-2H3. The van der Waals surface area contributed by atoms with Crippen molar-refractivity contribution in [3.8, 4) is 0 Å². The third kappa shape index (κ3) is 4.91. The Hall–Kier alpha value is -1.20. The molecule has 0 spiro atoms. The van der Waals surface area contributed by atoms with E-state index in [-0.39, 0.29) is 42.6 Å². The maximum Gasteiger partial charge on any atom is 0.312 e. The van der Waals surface area contributed by atoms with Crippen LogP contribution in [0.2, 0.25) is 0 Å². The summed E-state index contributed by atoms with van der Waals surface area (Å²) in [6.45, 7) is 0.287. The molecule has 0 aromatic heterocycles. The Morgan fingerprint density at radius 3 is 1.92 bits per heavy atom. The van der Waals surface area contributed by atoms with Crippen molar-refractivity contribution < 1.29 is 31.2 Å². The minimum Gasteiger partial charge on any atom is -0.383 e. The zero-order valence-electron chi connectivity index (χ0n) is 14.4. The van der Waals surface area contributed by atoms with E-state index in [1.165, 1.54) is 19.1 Å². The molecule has 0 aromatic rings. The van der Waals surface area contributed by atoms with Gasteiger partial charge in [0.25, 0.3) is 0 Å². The molecular formula is C14H24N2O7S2. The fraction of sp³-hybridized carbons (Fsp3) is 0.857. The highest BCUT2D eigenvalue weighted by Gasteiger charge is 2.40. The van der Waals surface area contributed by atoms with E-state index in [0.717, 1.165) is 4.90 Å². The summed E-state index contributed by atoms with van der Waals surface area (Å²) < 4.78 is 51.5. The van der Waals surface area contributed by atoms with Gasteiger partial charge in [-0.15, -0.1) is 0 Å². The van der Waals surface area contributed by atoms with Crippen LogP contribution in [0, 0.1) is 0 Å². The van der Waals surface area contributed by atoms with Crippen molar-refractivity contribution in [3.63, 3.8) is 0 Å². The van der Waals surface area contributed by atoms with E-state index in [4.69, 9.17) is 4.74 Å². The van der Waals surface area contributed by atoms with Crippen LogP contribution >= 0.6 is 0 Å². The topological polar surface area (TPSA) is 118 Å². The highest BCUT2D eigenvalue weighted by Crippen LogP contribution is 2.20. The third-order valence-corrected chi connectivity index (χ3v) is 8.21. The Bertz CT molecular complexity index is 732. The number of likely N-dealkylation sites (N-methyl/N-ethyl adjacent to an activating group) is 1. The van der Waals surface area contributed by atoms with Crippen LogP contribution in [0.1, 0.15) is 12.8 Å². The van der Waals surface area contributed by atoms with Crippen LogP contribution < -0.4 is 0 Å². The van der Waals surface area contributed by atoms with E-state index >= 15 is 0 Å². The van der Waals surface area contributed by atoms with Gasteiger partial charge in [-0.1, -0.05) is 0 Å². The van der Waals surface area contributed by atoms with E-state index in [2.05, 4.69) is 0 Å². The molecule has 2 unspecified atom stereocenters. The number of sulfone groups is 2. The lowest BCUT2D eigenvalue weighted by Crippen LogP contribution is -2.52. The summed E-state index contributed by atoms with van der Waals surface area (Å²) in [5.41, 5.74) is 0. The molecule has 2 aliphatic heterocycles. The van der Waals surface area contributed by atoms with E-state index in [9.17, 15) is 26.4 Å². The Balaban J connectivity index is 2.11. The number of ether oxygens (including phenoxy) is 1. The Labute approximate surface area is 148 Å². The first-order valence-electron chi connectivity index (χ1n) is 8.04. The lowest BCUT2D eigenvalue weighted by Gasteiger charge is -2.30. The van der Waals surface area contributed by atoms with Gasteiger partial charge in [-0.2, -0.15) is 0 Å². The first-order chi connectivity index (χ1) is 11.6. The lowest BCUT2D eigenvalue weighted by atomic mass is 10.2. The van der Waals surface area contributed by atoms with Gasteiger partial charge in [0.15, 0.2) is 19.7 Å². The summed E-state index contributed by atoms with van der Waals surface area (Å²) in [6.07, 6.45) is 0.584. The highest BCUT2D eigenvalue weighted by molar-refractivity contribution is 7.91. The zero-order chi connectivity index (χ0) is 18.8. The van der Waals surface area contributed by atoms with Crippen LogP contribution in [0.5, 0.6) is 0 Å². The summed E-state index contributed by atoms with van der Waals surface area (Å²) in [4.78, 5) is 27.6. The van der Waals surface area contributed by atoms with Gasteiger partial charge in [-0.3, -0.25) is 9.59 Å². The molecule has 2 amide bonds. The largest absolute Gasteiger partial charge is 0.383 e. The summed E-state index contributed by atoms with van der Waals surface area (Å²) in [5, 5.41) is 0. The molecule has 0 aliphatic carbocycles. The van der Waals surface area contributed by atoms with Gasteiger partial charge in [-0.25, -0.2) is 16.8 Å². The molecule has 144 valence electrons. The molecule has 2 fully saturated rings. The summed E-state index contributed by atoms with van der Waals surface area (Å²) in [5.74, 6) is -1.97. The van der Waals surface area contributed by atoms with E-state index in [1.54, 1.807) is 0 Å². The normalized spacial score (nSPS) is 27.1. The first-order valence-corrected chi connectivity index (χ1v) is 11.7. The van der Waals surface area contributed by atoms with Crippen molar-refractivity contribution >= 4 is 31.5 Å². The van der Waals surface area contributed by atoms with E-state index in [0.29, 0.717) is 6.42 Å². The molecule has 0 aromatic carbocycles. The van der Waals surface area contributed by atoms with Crippen molar-refractivity contribution in [1.82, 2.24) is 9.80 Å². The molecule has 2 saturated heterocycles. The number of carbonyl (C=O) groups excluding carboxylic acids is 2. The molecule has 0 N–H and O–H groups in total. The fourth-order valence-electron chi connectivity index (χ4n) is 3.18. The monoisotopic (exact) mass is 396 g/mol. The number of hydrogen-bond donors (Lipinski definition) is 0. The molecular weight excluding hydrogens is 372 g/mol. The van der Waals surface area contributed by atoms with Crippen molar-refractivity contribution in [1.29, 1.82) is 0 Å². The van der Waals surface area contributed by atoms with Gasteiger partial charge in [0.1, 0.15) is 0 Å². The molecule has 0 bridgehead atoms. The number of hydrogen-bond acceptors (Lipinski definition) is 7. The fourth-order valence-corrected chi connectivity index (χ4v) is 6.69. The Morgan fingerprint density at radius 1 is 0.960 bits per heavy atom. The second-order valence-corrected chi connectivity index (χ2v) is 11.0. The van der Waals surface area contributed by atoms with Crippen molar-refractivity contribution in [3.05, 3.63) is 0 Å².